The summed E-state index contributed by atoms with van der Waals surface area (Å²) in [6.45, 7) is 6.04. The zero-order chi connectivity index (χ0) is 20.1. The van der Waals surface area contributed by atoms with Gasteiger partial charge in [-0.1, -0.05) is 31.5 Å². The molecule has 1 aliphatic rings. The highest BCUT2D eigenvalue weighted by Gasteiger charge is 2.36. The van der Waals surface area contributed by atoms with Gasteiger partial charge in [-0.15, -0.1) is 11.8 Å². The molecule has 0 radical (unpaired) electrons. The number of rotatable bonds is 8. The van der Waals surface area contributed by atoms with Gasteiger partial charge in [-0.3, -0.25) is 9.59 Å². The second-order valence-electron chi connectivity index (χ2n) is 7.56. The fraction of sp³-hybridized carbons (Fsp3) is 0.524. The third-order valence-electron chi connectivity index (χ3n) is 5.13. The van der Waals surface area contributed by atoms with Crippen LogP contribution < -0.4 is 5.32 Å². The first kappa shape index (κ1) is 20.7. The number of carbonyl (C=O) groups is 2. The molecular weight excluding hydrogens is 372 g/mol. The van der Waals surface area contributed by atoms with Crippen LogP contribution in [0.1, 0.15) is 37.0 Å². The average Bonchev–Trinajstić information content (AvgIpc) is 3.32. The van der Waals surface area contributed by atoms with Gasteiger partial charge in [-0.25, -0.2) is 0 Å². The second-order valence-corrected chi connectivity index (χ2v) is 8.56. The van der Waals surface area contributed by atoms with Gasteiger partial charge < -0.3 is 20.1 Å². The number of H-pyrrole nitrogens is 1. The lowest BCUT2D eigenvalue weighted by molar-refractivity contribution is -0.125. The number of likely N-dealkylation sites (N-methyl/N-ethyl adjacent to an activating group) is 1. The minimum absolute atomic E-state index is 0.0463. The Balaban J connectivity index is 1.63. The van der Waals surface area contributed by atoms with Crippen molar-refractivity contribution in [1.82, 2.24) is 20.1 Å². The predicted molar refractivity (Wildman–Crippen MR) is 116 cm³/mol. The Labute approximate surface area is 171 Å². The van der Waals surface area contributed by atoms with Crippen molar-refractivity contribution in [1.29, 1.82) is 0 Å². The standard InChI is InChI=1S/C21H30N4O2S/c1-4-5-10-24(3)12-15(2)23-20(26)19-13-28-14-25(19)21(27)17-11-22-18-9-7-6-8-16(17)18/h6-9,11,15,19,22H,4-5,10,12-14H2,1-3H3,(H,23,26)/t15-,19+/m0/s1. The Hall–Kier alpha value is -1.99. The molecule has 1 fully saturated rings. The number of aromatic nitrogens is 1. The summed E-state index contributed by atoms with van der Waals surface area (Å²) in [5.41, 5.74) is 1.56. The normalized spacial score (nSPS) is 18.0. The number of hydrogen-bond acceptors (Lipinski definition) is 4. The highest BCUT2D eigenvalue weighted by Crippen LogP contribution is 2.26. The van der Waals surface area contributed by atoms with Gasteiger partial charge in [0.1, 0.15) is 6.04 Å². The van der Waals surface area contributed by atoms with Crippen LogP contribution in [0.3, 0.4) is 0 Å². The molecule has 6 nitrogen and oxygen atoms in total. The molecule has 2 atom stereocenters. The maximum Gasteiger partial charge on any atom is 0.257 e. The first-order chi connectivity index (χ1) is 13.5. The summed E-state index contributed by atoms with van der Waals surface area (Å²) >= 11 is 1.63. The van der Waals surface area contributed by atoms with Crippen molar-refractivity contribution in [3.63, 3.8) is 0 Å². The summed E-state index contributed by atoms with van der Waals surface area (Å²) in [7, 11) is 2.08. The van der Waals surface area contributed by atoms with E-state index < -0.39 is 6.04 Å². The molecule has 1 aromatic heterocycles. The molecule has 152 valence electrons. The zero-order valence-electron chi connectivity index (χ0n) is 16.9. The third-order valence-corrected chi connectivity index (χ3v) is 6.15. The van der Waals surface area contributed by atoms with Crippen molar-refractivity contribution < 1.29 is 9.59 Å². The number of carbonyl (C=O) groups excluding carboxylic acids is 2. The predicted octanol–water partition coefficient (Wildman–Crippen LogP) is 2.92. The van der Waals surface area contributed by atoms with Crippen LogP contribution in [0.25, 0.3) is 10.9 Å². The molecule has 0 saturated carbocycles. The van der Waals surface area contributed by atoms with Crippen LogP contribution in [0.2, 0.25) is 0 Å². The molecule has 3 rings (SSSR count). The van der Waals surface area contributed by atoms with Crippen LogP contribution in [0.4, 0.5) is 0 Å². The number of unbranched alkanes of at least 4 members (excludes halogenated alkanes) is 1. The maximum atomic E-state index is 13.1. The van der Waals surface area contributed by atoms with Crippen LogP contribution in [0.15, 0.2) is 30.5 Å². The number of para-hydroxylation sites is 1. The lowest BCUT2D eigenvalue weighted by Crippen LogP contribution is -2.51. The second kappa shape index (κ2) is 9.47. The van der Waals surface area contributed by atoms with E-state index in [0.29, 0.717) is 17.2 Å². The topological polar surface area (TPSA) is 68.4 Å². The van der Waals surface area contributed by atoms with Gasteiger partial charge in [0, 0.05) is 35.4 Å². The highest BCUT2D eigenvalue weighted by molar-refractivity contribution is 7.99. The number of nitrogens with one attached hydrogen (secondary N) is 2. The van der Waals surface area contributed by atoms with Gasteiger partial charge in [-0.05, 0) is 33.0 Å². The number of benzene rings is 1. The zero-order valence-corrected chi connectivity index (χ0v) is 17.7. The monoisotopic (exact) mass is 402 g/mol. The minimum Gasteiger partial charge on any atom is -0.360 e. The molecule has 0 spiro atoms. The van der Waals surface area contributed by atoms with Gasteiger partial charge in [0.25, 0.3) is 5.91 Å². The molecular formula is C21H30N4O2S. The average molecular weight is 403 g/mol. The van der Waals surface area contributed by atoms with Crippen molar-refractivity contribution >= 4 is 34.5 Å². The molecule has 2 heterocycles. The Morgan fingerprint density at radius 1 is 1.39 bits per heavy atom. The molecule has 1 saturated heterocycles. The summed E-state index contributed by atoms with van der Waals surface area (Å²) in [6.07, 6.45) is 4.06. The van der Waals surface area contributed by atoms with Gasteiger partial charge >= 0.3 is 0 Å². The van der Waals surface area contributed by atoms with Crippen molar-refractivity contribution in [2.45, 2.75) is 38.8 Å². The first-order valence-corrected chi connectivity index (χ1v) is 11.1. The number of aromatic amines is 1. The summed E-state index contributed by atoms with van der Waals surface area (Å²) in [5, 5.41) is 4.00. The smallest absolute Gasteiger partial charge is 0.257 e. The molecule has 2 aromatic rings. The molecule has 1 aromatic carbocycles. The first-order valence-electron chi connectivity index (χ1n) is 9.95. The Kier molecular flexibility index (Phi) is 7.02. The Morgan fingerprint density at radius 3 is 2.96 bits per heavy atom. The van der Waals surface area contributed by atoms with Gasteiger partial charge in [-0.2, -0.15) is 0 Å². The van der Waals surface area contributed by atoms with Gasteiger partial charge in [0.05, 0.1) is 11.4 Å². The van der Waals surface area contributed by atoms with E-state index in [-0.39, 0.29) is 17.9 Å². The fourth-order valence-corrected chi connectivity index (χ4v) is 4.79. The lowest BCUT2D eigenvalue weighted by atomic mass is 10.1. The van der Waals surface area contributed by atoms with Crippen molar-refractivity contribution in [3.05, 3.63) is 36.0 Å². The molecule has 7 heteroatoms. The molecule has 2 amide bonds. The molecule has 0 bridgehead atoms. The highest BCUT2D eigenvalue weighted by atomic mass is 32.2. The van der Waals surface area contributed by atoms with E-state index in [1.807, 2.05) is 31.2 Å². The Morgan fingerprint density at radius 2 is 2.18 bits per heavy atom. The summed E-state index contributed by atoms with van der Waals surface area (Å²) in [6, 6.07) is 7.37. The van der Waals surface area contributed by atoms with E-state index in [1.165, 1.54) is 0 Å². The van der Waals surface area contributed by atoms with Crippen LogP contribution >= 0.6 is 11.8 Å². The molecule has 0 unspecified atom stereocenters. The molecule has 0 aliphatic carbocycles. The van der Waals surface area contributed by atoms with Crippen molar-refractivity contribution in [2.75, 3.05) is 31.8 Å². The van der Waals surface area contributed by atoms with E-state index in [0.717, 1.165) is 36.8 Å². The van der Waals surface area contributed by atoms with Crippen LogP contribution in [0.5, 0.6) is 0 Å². The molecule has 28 heavy (non-hydrogen) atoms. The van der Waals surface area contributed by atoms with E-state index in [9.17, 15) is 9.59 Å². The van der Waals surface area contributed by atoms with E-state index in [2.05, 4.69) is 29.2 Å². The van der Waals surface area contributed by atoms with Crippen molar-refractivity contribution in [3.8, 4) is 0 Å². The molecule has 2 N–H and O–H groups in total. The summed E-state index contributed by atoms with van der Waals surface area (Å²) in [5.74, 6) is 1.03. The summed E-state index contributed by atoms with van der Waals surface area (Å²) in [4.78, 5) is 33.1. The minimum atomic E-state index is -0.422. The molecule has 1 aliphatic heterocycles. The SMILES string of the molecule is CCCCN(C)C[C@H](C)NC(=O)[C@H]1CSCN1C(=O)c1c[nH]c2ccccc12. The van der Waals surface area contributed by atoms with Crippen LogP contribution in [-0.4, -0.2) is 70.4 Å². The van der Waals surface area contributed by atoms with E-state index >= 15 is 0 Å². The maximum absolute atomic E-state index is 13.1. The number of thioether (sulfide) groups is 1. The quantitative estimate of drug-likeness (QED) is 0.712. The van der Waals surface area contributed by atoms with E-state index in [1.54, 1.807) is 22.9 Å². The van der Waals surface area contributed by atoms with Gasteiger partial charge in [0.2, 0.25) is 5.91 Å². The number of nitrogens with zero attached hydrogens (tertiary/aromatic N) is 2. The van der Waals surface area contributed by atoms with Crippen LogP contribution in [-0.2, 0) is 4.79 Å². The number of amides is 2. The number of hydrogen-bond donors (Lipinski definition) is 2. The van der Waals surface area contributed by atoms with Crippen LogP contribution in [0, 0.1) is 0 Å². The van der Waals surface area contributed by atoms with Crippen molar-refractivity contribution in [2.24, 2.45) is 0 Å². The third kappa shape index (κ3) is 4.70. The summed E-state index contributed by atoms with van der Waals surface area (Å²) < 4.78 is 0. The number of fused-ring (bicyclic) bond motifs is 1. The largest absolute Gasteiger partial charge is 0.360 e. The lowest BCUT2D eigenvalue weighted by Gasteiger charge is -2.26. The van der Waals surface area contributed by atoms with Gasteiger partial charge in [0.15, 0.2) is 0 Å². The van der Waals surface area contributed by atoms with E-state index in [4.69, 9.17) is 0 Å². The fourth-order valence-electron chi connectivity index (χ4n) is 3.63. The Bertz CT molecular complexity index is 822.